The Morgan fingerprint density at radius 1 is 1.56 bits per heavy atom. The number of phenolic OH excluding ortho intramolecular Hbond substituents is 1. The number of carbonyl (C=O) groups excluding carboxylic acids is 1. The van der Waals surface area contributed by atoms with Crippen molar-refractivity contribution in [3.8, 4) is 11.5 Å². The number of aromatic hydroxyl groups is 1. The van der Waals surface area contributed by atoms with Crippen molar-refractivity contribution in [1.29, 1.82) is 0 Å². The smallest absolute Gasteiger partial charge is 0.258 e. The largest absolute Gasteiger partial charge is 0.507 e. The summed E-state index contributed by atoms with van der Waals surface area (Å²) in [5.74, 6) is 0.0158. The maximum Gasteiger partial charge on any atom is 0.258 e. The number of ether oxygens (including phenoxy) is 1. The number of phenols is 1. The molecule has 18 heavy (non-hydrogen) atoms. The van der Waals surface area contributed by atoms with Gasteiger partial charge in [0.1, 0.15) is 11.5 Å². The van der Waals surface area contributed by atoms with Crippen LogP contribution < -0.4 is 10.5 Å². The van der Waals surface area contributed by atoms with Crippen molar-refractivity contribution in [3.05, 3.63) is 23.8 Å². The number of hydrogen-bond acceptors (Lipinski definition) is 4. The first-order valence-electron chi connectivity index (χ1n) is 5.32. The van der Waals surface area contributed by atoms with Crippen LogP contribution in [0.15, 0.2) is 18.2 Å². The number of nitrogens with zero attached hydrogens (tertiary/aromatic N) is 1. The third-order valence-corrected chi connectivity index (χ3v) is 3.09. The van der Waals surface area contributed by atoms with E-state index in [4.69, 9.17) is 22.7 Å². The molecule has 1 unspecified atom stereocenters. The van der Waals surface area contributed by atoms with Crippen molar-refractivity contribution in [2.24, 2.45) is 5.73 Å². The number of rotatable bonds is 4. The lowest BCUT2D eigenvalue weighted by atomic mass is 10.1. The van der Waals surface area contributed by atoms with E-state index < -0.39 is 6.04 Å². The standard InChI is InChI=1S/C12H16N2O3S/c1-7(11(13)18)14(2)12(16)9-6-8(17-3)4-5-10(9)15/h4-7,15H,1-3H3,(H2,13,18). The van der Waals surface area contributed by atoms with Crippen molar-refractivity contribution in [2.45, 2.75) is 13.0 Å². The van der Waals surface area contributed by atoms with Gasteiger partial charge in [-0.25, -0.2) is 0 Å². The van der Waals surface area contributed by atoms with Crippen LogP contribution in [0.25, 0.3) is 0 Å². The van der Waals surface area contributed by atoms with Gasteiger partial charge in [-0.05, 0) is 25.1 Å². The van der Waals surface area contributed by atoms with Gasteiger partial charge in [0, 0.05) is 7.05 Å². The zero-order valence-electron chi connectivity index (χ0n) is 10.5. The Balaban J connectivity index is 3.06. The number of likely N-dealkylation sites (N-methyl/N-ethyl adjacent to an activating group) is 1. The number of nitrogens with two attached hydrogens (primary N) is 1. The average Bonchev–Trinajstić information content (AvgIpc) is 2.36. The summed E-state index contributed by atoms with van der Waals surface area (Å²) < 4.78 is 5.02. The van der Waals surface area contributed by atoms with Gasteiger partial charge in [-0.2, -0.15) is 0 Å². The lowest BCUT2D eigenvalue weighted by Crippen LogP contribution is -2.42. The van der Waals surface area contributed by atoms with E-state index in [1.54, 1.807) is 20.0 Å². The highest BCUT2D eigenvalue weighted by Crippen LogP contribution is 2.24. The van der Waals surface area contributed by atoms with Crippen LogP contribution >= 0.6 is 12.2 Å². The minimum atomic E-state index is -0.391. The summed E-state index contributed by atoms with van der Waals surface area (Å²) in [6.07, 6.45) is 0. The molecule has 0 saturated carbocycles. The molecule has 1 aromatic rings. The molecule has 5 nitrogen and oxygen atoms in total. The topological polar surface area (TPSA) is 75.8 Å². The lowest BCUT2D eigenvalue weighted by Gasteiger charge is -2.24. The second-order valence-electron chi connectivity index (χ2n) is 3.88. The van der Waals surface area contributed by atoms with Crippen LogP contribution in [0.3, 0.4) is 0 Å². The fourth-order valence-corrected chi connectivity index (χ4v) is 1.53. The molecule has 0 spiro atoms. The van der Waals surface area contributed by atoms with E-state index in [1.165, 1.54) is 24.1 Å². The molecular weight excluding hydrogens is 252 g/mol. The number of hydrogen-bond donors (Lipinski definition) is 2. The summed E-state index contributed by atoms with van der Waals surface area (Å²) in [7, 11) is 3.06. The van der Waals surface area contributed by atoms with Gasteiger partial charge in [0.05, 0.1) is 23.7 Å². The highest BCUT2D eigenvalue weighted by atomic mass is 32.1. The van der Waals surface area contributed by atoms with Crippen molar-refractivity contribution < 1.29 is 14.6 Å². The van der Waals surface area contributed by atoms with Crippen molar-refractivity contribution in [3.63, 3.8) is 0 Å². The summed E-state index contributed by atoms with van der Waals surface area (Å²) in [5.41, 5.74) is 5.65. The van der Waals surface area contributed by atoms with Crippen LogP contribution in [0.4, 0.5) is 0 Å². The molecule has 0 aliphatic rings. The normalized spacial score (nSPS) is 11.7. The quantitative estimate of drug-likeness (QED) is 0.801. The Kier molecular flexibility index (Phi) is 4.49. The molecule has 0 aliphatic heterocycles. The first-order chi connectivity index (χ1) is 8.38. The summed E-state index contributed by atoms with van der Waals surface area (Å²) in [4.78, 5) is 13.8. The molecular formula is C12H16N2O3S. The van der Waals surface area contributed by atoms with Crippen LogP contribution in [0, 0.1) is 0 Å². The van der Waals surface area contributed by atoms with Crippen LogP contribution in [0.5, 0.6) is 11.5 Å². The molecule has 1 atom stereocenters. The molecule has 0 fully saturated rings. The Hall–Kier alpha value is -1.82. The zero-order valence-corrected chi connectivity index (χ0v) is 11.3. The van der Waals surface area contributed by atoms with E-state index in [9.17, 15) is 9.90 Å². The molecule has 0 saturated heterocycles. The minimum absolute atomic E-state index is 0.109. The van der Waals surface area contributed by atoms with Crippen LogP contribution in [0.2, 0.25) is 0 Å². The number of carbonyl (C=O) groups is 1. The summed E-state index contributed by atoms with van der Waals surface area (Å²) >= 11 is 4.84. The van der Waals surface area contributed by atoms with Gasteiger partial charge in [0.25, 0.3) is 5.91 Å². The second kappa shape index (κ2) is 5.68. The van der Waals surface area contributed by atoms with Gasteiger partial charge in [-0.1, -0.05) is 12.2 Å². The van der Waals surface area contributed by atoms with Gasteiger partial charge in [-0.15, -0.1) is 0 Å². The lowest BCUT2D eigenvalue weighted by molar-refractivity contribution is 0.0775. The van der Waals surface area contributed by atoms with E-state index in [0.717, 1.165) is 0 Å². The molecule has 1 rings (SSSR count). The number of benzene rings is 1. The number of amides is 1. The Morgan fingerprint density at radius 2 is 2.17 bits per heavy atom. The second-order valence-corrected chi connectivity index (χ2v) is 4.35. The van der Waals surface area contributed by atoms with Gasteiger partial charge in [-0.3, -0.25) is 4.79 Å². The van der Waals surface area contributed by atoms with Crippen LogP contribution in [-0.2, 0) is 0 Å². The molecule has 0 bridgehead atoms. The molecule has 0 heterocycles. The van der Waals surface area contributed by atoms with Gasteiger partial charge < -0.3 is 20.5 Å². The van der Waals surface area contributed by atoms with Crippen molar-refractivity contribution >= 4 is 23.1 Å². The predicted molar refractivity (Wildman–Crippen MR) is 73.0 cm³/mol. The molecule has 0 radical (unpaired) electrons. The highest BCUT2D eigenvalue weighted by molar-refractivity contribution is 7.80. The third-order valence-electron chi connectivity index (χ3n) is 2.75. The monoisotopic (exact) mass is 268 g/mol. The Bertz CT molecular complexity index is 476. The molecule has 3 N–H and O–H groups in total. The molecule has 1 amide bonds. The zero-order chi connectivity index (χ0) is 13.9. The first kappa shape index (κ1) is 14.2. The van der Waals surface area contributed by atoms with E-state index in [0.29, 0.717) is 5.75 Å². The van der Waals surface area contributed by atoms with E-state index in [-0.39, 0.29) is 22.2 Å². The maximum atomic E-state index is 12.2. The first-order valence-corrected chi connectivity index (χ1v) is 5.72. The summed E-state index contributed by atoms with van der Waals surface area (Å²) in [5, 5.41) is 9.70. The van der Waals surface area contributed by atoms with Gasteiger partial charge >= 0.3 is 0 Å². The minimum Gasteiger partial charge on any atom is -0.507 e. The Labute approximate surface area is 111 Å². The fraction of sp³-hybridized carbons (Fsp3) is 0.333. The van der Waals surface area contributed by atoms with Crippen LogP contribution in [0.1, 0.15) is 17.3 Å². The Morgan fingerprint density at radius 3 is 2.67 bits per heavy atom. The third kappa shape index (κ3) is 2.89. The van der Waals surface area contributed by atoms with E-state index in [1.807, 2.05) is 0 Å². The van der Waals surface area contributed by atoms with Crippen molar-refractivity contribution in [2.75, 3.05) is 14.2 Å². The number of methoxy groups -OCH3 is 1. The van der Waals surface area contributed by atoms with Gasteiger partial charge in [0.15, 0.2) is 0 Å². The average molecular weight is 268 g/mol. The predicted octanol–water partition coefficient (Wildman–Crippen LogP) is 1.15. The van der Waals surface area contributed by atoms with E-state index >= 15 is 0 Å². The molecule has 0 aliphatic carbocycles. The summed E-state index contributed by atoms with van der Waals surface area (Å²) in [6.45, 7) is 1.72. The maximum absolute atomic E-state index is 12.2. The fourth-order valence-electron chi connectivity index (χ4n) is 1.37. The molecule has 1 aromatic carbocycles. The molecule has 6 heteroatoms. The van der Waals surface area contributed by atoms with Crippen molar-refractivity contribution in [1.82, 2.24) is 4.90 Å². The van der Waals surface area contributed by atoms with E-state index in [2.05, 4.69) is 0 Å². The molecule has 0 aromatic heterocycles. The highest BCUT2D eigenvalue weighted by Gasteiger charge is 2.22. The van der Waals surface area contributed by atoms with Crippen LogP contribution in [-0.4, -0.2) is 41.1 Å². The summed E-state index contributed by atoms with van der Waals surface area (Å²) in [6, 6.07) is 4.06. The van der Waals surface area contributed by atoms with Gasteiger partial charge in [0.2, 0.25) is 0 Å². The SMILES string of the molecule is COc1ccc(O)c(C(=O)N(C)C(C)C(N)=S)c1. The molecule has 98 valence electrons. The number of thiocarbonyl (C=S) groups is 1.